The third-order valence-electron chi connectivity index (χ3n) is 5.17. The molecule has 3 aromatic rings. The van der Waals surface area contributed by atoms with Crippen LogP contribution in [-0.4, -0.2) is 39.2 Å². The molecule has 3 rings (SSSR count). The van der Waals surface area contributed by atoms with E-state index in [-0.39, 0.29) is 12.2 Å². The number of benzene rings is 3. The van der Waals surface area contributed by atoms with Crippen molar-refractivity contribution >= 4 is 33.3 Å². The highest BCUT2D eigenvalue weighted by Crippen LogP contribution is 2.27. The van der Waals surface area contributed by atoms with E-state index in [0.29, 0.717) is 28.4 Å². The number of rotatable bonds is 9. The number of carbonyl (C=O) groups excluding carboxylic acids is 2. The number of para-hydroxylation sites is 1. The summed E-state index contributed by atoms with van der Waals surface area (Å²) in [5, 5.41) is 2.74. The fourth-order valence-corrected chi connectivity index (χ4v) is 4.60. The number of hydrogen-bond acceptors (Lipinski definition) is 6. The highest BCUT2D eigenvalue weighted by atomic mass is 32.2. The van der Waals surface area contributed by atoms with Gasteiger partial charge in [0.25, 0.3) is 0 Å². The number of nitrogens with zero attached hydrogens (tertiary/aromatic N) is 1. The van der Waals surface area contributed by atoms with Crippen LogP contribution in [0.5, 0.6) is 11.5 Å². The van der Waals surface area contributed by atoms with Crippen LogP contribution >= 0.6 is 0 Å². The zero-order chi connectivity index (χ0) is 25.6. The van der Waals surface area contributed by atoms with Gasteiger partial charge in [-0.2, -0.15) is 0 Å². The van der Waals surface area contributed by atoms with E-state index in [1.54, 1.807) is 50.2 Å². The second-order valence-corrected chi connectivity index (χ2v) is 9.74. The number of carbonyl (C=O) groups is 2. The summed E-state index contributed by atoms with van der Waals surface area (Å²) in [6.07, 6.45) is 1.04. The summed E-state index contributed by atoms with van der Waals surface area (Å²) < 4.78 is 37.1. The molecule has 0 unspecified atom stereocenters. The van der Waals surface area contributed by atoms with E-state index in [0.717, 1.165) is 10.6 Å². The summed E-state index contributed by atoms with van der Waals surface area (Å²) in [4.78, 5) is 25.1. The molecule has 0 aliphatic heterocycles. The maximum Gasteiger partial charge on any atom is 0.338 e. The normalized spacial score (nSPS) is 11.9. The topological polar surface area (TPSA) is 102 Å². The first kappa shape index (κ1) is 25.8. The zero-order valence-electron chi connectivity index (χ0n) is 20.0. The SMILES string of the molecule is CCOC(=O)c1ccc(C)c(NC(=O)[C@H](C)N(c2ccc(Oc3ccccc3)cc2)S(C)(=O)=O)c1. The van der Waals surface area contributed by atoms with Gasteiger partial charge in [0.2, 0.25) is 15.9 Å². The van der Waals surface area contributed by atoms with Crippen molar-refractivity contribution in [3.8, 4) is 11.5 Å². The first-order valence-corrected chi connectivity index (χ1v) is 12.9. The van der Waals surface area contributed by atoms with E-state index in [1.807, 2.05) is 30.3 Å². The third-order valence-corrected chi connectivity index (χ3v) is 6.41. The average Bonchev–Trinajstić information content (AvgIpc) is 2.81. The van der Waals surface area contributed by atoms with Gasteiger partial charge in [-0.15, -0.1) is 0 Å². The fourth-order valence-electron chi connectivity index (χ4n) is 3.43. The highest BCUT2D eigenvalue weighted by Gasteiger charge is 2.29. The Kier molecular flexibility index (Phi) is 8.14. The highest BCUT2D eigenvalue weighted by molar-refractivity contribution is 7.92. The largest absolute Gasteiger partial charge is 0.462 e. The molecule has 0 fully saturated rings. The van der Waals surface area contributed by atoms with E-state index in [4.69, 9.17) is 9.47 Å². The molecule has 0 heterocycles. The van der Waals surface area contributed by atoms with Crippen LogP contribution in [0.1, 0.15) is 29.8 Å². The molecular weight excluding hydrogens is 468 g/mol. The number of ether oxygens (including phenoxy) is 2. The first-order valence-electron chi connectivity index (χ1n) is 11.0. The van der Waals surface area contributed by atoms with E-state index in [2.05, 4.69) is 5.32 Å². The fraction of sp³-hybridized carbons (Fsp3) is 0.231. The lowest BCUT2D eigenvalue weighted by Gasteiger charge is -2.28. The zero-order valence-corrected chi connectivity index (χ0v) is 20.8. The number of amides is 1. The maximum atomic E-state index is 13.1. The minimum absolute atomic E-state index is 0.226. The van der Waals surface area contributed by atoms with E-state index in [9.17, 15) is 18.0 Å². The number of esters is 1. The van der Waals surface area contributed by atoms with E-state index in [1.165, 1.54) is 13.0 Å². The van der Waals surface area contributed by atoms with Crippen LogP contribution in [0.3, 0.4) is 0 Å². The second-order valence-electron chi connectivity index (χ2n) is 7.88. The van der Waals surface area contributed by atoms with Gasteiger partial charge in [-0.25, -0.2) is 13.2 Å². The van der Waals surface area contributed by atoms with Gasteiger partial charge >= 0.3 is 5.97 Å². The first-order chi connectivity index (χ1) is 16.6. The van der Waals surface area contributed by atoms with E-state index >= 15 is 0 Å². The molecule has 1 amide bonds. The summed E-state index contributed by atoms with van der Waals surface area (Å²) in [6, 6.07) is 19.3. The van der Waals surface area contributed by atoms with Gasteiger partial charge in [-0.05, 0) is 74.9 Å². The Balaban J connectivity index is 1.82. The smallest absolute Gasteiger partial charge is 0.338 e. The van der Waals surface area contributed by atoms with Crippen molar-refractivity contribution in [2.45, 2.75) is 26.8 Å². The van der Waals surface area contributed by atoms with Gasteiger partial charge in [-0.3, -0.25) is 9.10 Å². The second kappa shape index (κ2) is 11.1. The Hall–Kier alpha value is -3.85. The van der Waals surface area contributed by atoms with Crippen LogP contribution in [0.2, 0.25) is 0 Å². The number of sulfonamides is 1. The van der Waals surface area contributed by atoms with E-state index < -0.39 is 27.9 Å². The predicted octanol–water partition coefficient (Wildman–Crippen LogP) is 4.76. The lowest BCUT2D eigenvalue weighted by atomic mass is 10.1. The number of nitrogens with one attached hydrogen (secondary N) is 1. The molecule has 9 heteroatoms. The molecule has 0 spiro atoms. The van der Waals surface area contributed by atoms with Crippen molar-refractivity contribution in [3.05, 3.63) is 83.9 Å². The summed E-state index contributed by atoms with van der Waals surface area (Å²) in [7, 11) is -3.81. The Morgan fingerprint density at radius 1 is 0.971 bits per heavy atom. The molecule has 0 saturated heterocycles. The predicted molar refractivity (Wildman–Crippen MR) is 136 cm³/mol. The van der Waals surface area contributed by atoms with Crippen molar-refractivity contribution in [2.24, 2.45) is 0 Å². The number of aryl methyl sites for hydroxylation is 1. The summed E-state index contributed by atoms with van der Waals surface area (Å²) in [5.74, 6) is 0.112. The van der Waals surface area contributed by atoms with Crippen molar-refractivity contribution in [3.63, 3.8) is 0 Å². The summed E-state index contributed by atoms with van der Waals surface area (Å²) >= 11 is 0. The lowest BCUT2D eigenvalue weighted by Crippen LogP contribution is -2.45. The summed E-state index contributed by atoms with van der Waals surface area (Å²) in [6.45, 7) is 5.20. The molecule has 8 nitrogen and oxygen atoms in total. The van der Waals surface area contributed by atoms with Crippen LogP contribution in [0, 0.1) is 6.92 Å². The minimum Gasteiger partial charge on any atom is -0.462 e. The molecular formula is C26H28N2O6S. The van der Waals surface area contributed by atoms with Crippen molar-refractivity contribution in [1.29, 1.82) is 0 Å². The minimum atomic E-state index is -3.81. The molecule has 1 atom stereocenters. The molecule has 35 heavy (non-hydrogen) atoms. The van der Waals surface area contributed by atoms with Crippen molar-refractivity contribution < 1.29 is 27.5 Å². The molecule has 3 aromatic carbocycles. The Bertz CT molecular complexity index is 1290. The monoisotopic (exact) mass is 496 g/mol. The standard InChI is InChI=1S/C26H28N2O6S/c1-5-33-26(30)20-12-11-18(2)24(17-20)27-25(29)19(3)28(35(4,31)32)21-13-15-23(16-14-21)34-22-9-7-6-8-10-22/h6-17,19H,5H2,1-4H3,(H,27,29)/t19-/m0/s1. The average molecular weight is 497 g/mol. The van der Waals surface area contributed by atoms with Crippen LogP contribution in [0.25, 0.3) is 0 Å². The Morgan fingerprint density at radius 2 is 1.60 bits per heavy atom. The van der Waals surface area contributed by atoms with Gasteiger partial charge < -0.3 is 14.8 Å². The third kappa shape index (κ3) is 6.60. The number of anilines is 2. The van der Waals surface area contributed by atoms with Gasteiger partial charge in [0, 0.05) is 5.69 Å². The molecule has 0 aliphatic carbocycles. The summed E-state index contributed by atoms with van der Waals surface area (Å²) in [5.41, 5.74) is 1.71. The molecule has 0 aromatic heterocycles. The number of hydrogen-bond donors (Lipinski definition) is 1. The van der Waals surface area contributed by atoms with Crippen LogP contribution in [-0.2, 0) is 19.6 Å². The molecule has 0 aliphatic rings. The Labute approximate surface area is 205 Å². The Morgan fingerprint density at radius 3 is 2.20 bits per heavy atom. The molecule has 0 radical (unpaired) electrons. The van der Waals surface area contributed by atoms with Gasteiger partial charge in [0.1, 0.15) is 17.5 Å². The molecule has 0 bridgehead atoms. The van der Waals surface area contributed by atoms with Crippen LogP contribution in [0.15, 0.2) is 72.8 Å². The van der Waals surface area contributed by atoms with Gasteiger partial charge in [0.15, 0.2) is 0 Å². The van der Waals surface area contributed by atoms with Crippen molar-refractivity contribution in [1.82, 2.24) is 0 Å². The van der Waals surface area contributed by atoms with Gasteiger partial charge in [-0.1, -0.05) is 24.3 Å². The quantitative estimate of drug-likeness (QED) is 0.429. The van der Waals surface area contributed by atoms with Crippen LogP contribution in [0.4, 0.5) is 11.4 Å². The maximum absolute atomic E-state index is 13.1. The van der Waals surface area contributed by atoms with Crippen LogP contribution < -0.4 is 14.4 Å². The molecule has 1 N–H and O–H groups in total. The molecule has 184 valence electrons. The van der Waals surface area contributed by atoms with Gasteiger partial charge in [0.05, 0.1) is 24.1 Å². The van der Waals surface area contributed by atoms with Crippen molar-refractivity contribution in [2.75, 3.05) is 22.5 Å². The lowest BCUT2D eigenvalue weighted by molar-refractivity contribution is -0.116. The molecule has 0 saturated carbocycles.